The zero-order valence-electron chi connectivity index (χ0n) is 17.5. The number of nitro benzene ring substituents is 1. The number of amides is 1. The van der Waals surface area contributed by atoms with Crippen molar-refractivity contribution in [2.75, 3.05) is 5.32 Å². The van der Waals surface area contributed by atoms with Crippen LogP contribution in [0.15, 0.2) is 66.0 Å². The van der Waals surface area contributed by atoms with Crippen LogP contribution >= 0.6 is 11.3 Å². The number of thiophene rings is 1. The third-order valence-electron chi connectivity index (χ3n) is 4.60. The van der Waals surface area contributed by atoms with E-state index >= 15 is 0 Å². The summed E-state index contributed by atoms with van der Waals surface area (Å²) < 4.78 is 20.2. The fourth-order valence-corrected chi connectivity index (χ4v) is 3.65. The second-order valence-corrected chi connectivity index (χ2v) is 7.89. The largest absolute Gasteiger partial charge is 0.447 e. The van der Waals surface area contributed by atoms with Gasteiger partial charge in [-0.25, -0.2) is 9.48 Å². The number of carbonyl (C=O) groups excluding carboxylic acids is 2. The van der Waals surface area contributed by atoms with Crippen LogP contribution in [0.5, 0.6) is 0 Å². The molecule has 12 heteroatoms. The first-order chi connectivity index (χ1) is 16.3. The summed E-state index contributed by atoms with van der Waals surface area (Å²) in [4.78, 5) is 40.2. The van der Waals surface area contributed by atoms with Gasteiger partial charge in [0, 0.05) is 11.8 Å². The highest BCUT2D eigenvalue weighted by Gasteiger charge is 2.25. The van der Waals surface area contributed by atoms with Gasteiger partial charge in [0.2, 0.25) is 5.82 Å². The Kier molecular flexibility index (Phi) is 6.41. The maximum atomic E-state index is 13.5. The first kappa shape index (κ1) is 22.7. The molecule has 0 fully saturated rings. The molecule has 0 aliphatic carbocycles. The van der Waals surface area contributed by atoms with Gasteiger partial charge in [0.1, 0.15) is 0 Å². The first-order valence-electron chi connectivity index (χ1n) is 9.85. The fraction of sp³-hybridized carbons (Fsp3) is 0.0909. The number of nitro groups is 1. The lowest BCUT2D eigenvalue weighted by Gasteiger charge is -2.12. The standard InChI is InChI=1S/C22H16FN5O5S/c1-13(21(29)24-14-9-10-16(23)17(12-14)28(31)32)33-22(30)19-25-20(18-8-5-11-34-18)27(26-19)15-6-3-2-4-7-15/h2-13H,1H3,(H,24,29). The Morgan fingerprint density at radius 2 is 1.94 bits per heavy atom. The summed E-state index contributed by atoms with van der Waals surface area (Å²) in [5.74, 6) is -2.55. The molecule has 0 spiro atoms. The van der Waals surface area contributed by atoms with E-state index in [0.29, 0.717) is 11.5 Å². The monoisotopic (exact) mass is 481 g/mol. The van der Waals surface area contributed by atoms with Crippen LogP contribution < -0.4 is 5.32 Å². The molecule has 1 atom stereocenters. The lowest BCUT2D eigenvalue weighted by Crippen LogP contribution is -2.30. The third-order valence-corrected chi connectivity index (χ3v) is 5.46. The number of halogens is 1. The highest BCUT2D eigenvalue weighted by Crippen LogP contribution is 2.26. The third kappa shape index (κ3) is 4.81. The maximum absolute atomic E-state index is 13.5. The van der Waals surface area contributed by atoms with Crippen molar-refractivity contribution in [2.45, 2.75) is 13.0 Å². The summed E-state index contributed by atoms with van der Waals surface area (Å²) in [6.45, 7) is 1.32. The number of nitrogens with zero attached hydrogens (tertiary/aromatic N) is 4. The van der Waals surface area contributed by atoms with Gasteiger partial charge in [-0.15, -0.1) is 16.4 Å². The Hall–Kier alpha value is -4.45. The molecule has 34 heavy (non-hydrogen) atoms. The predicted octanol–water partition coefficient (Wildman–Crippen LogP) is 4.23. The summed E-state index contributed by atoms with van der Waals surface area (Å²) in [6, 6.07) is 15.7. The number of carbonyl (C=O) groups is 2. The zero-order chi connectivity index (χ0) is 24.2. The molecule has 1 unspecified atom stereocenters. The van der Waals surface area contributed by atoms with Gasteiger partial charge in [0.15, 0.2) is 11.9 Å². The second kappa shape index (κ2) is 9.58. The van der Waals surface area contributed by atoms with E-state index < -0.39 is 34.4 Å². The molecule has 1 amide bonds. The van der Waals surface area contributed by atoms with E-state index in [4.69, 9.17) is 4.74 Å². The lowest BCUT2D eigenvalue weighted by molar-refractivity contribution is -0.387. The van der Waals surface area contributed by atoms with Gasteiger partial charge < -0.3 is 10.1 Å². The molecule has 172 valence electrons. The summed E-state index contributed by atoms with van der Waals surface area (Å²) >= 11 is 1.42. The van der Waals surface area contributed by atoms with Crippen LogP contribution in [-0.4, -0.2) is 37.7 Å². The van der Waals surface area contributed by atoms with Crippen molar-refractivity contribution in [1.29, 1.82) is 0 Å². The van der Waals surface area contributed by atoms with E-state index in [0.717, 1.165) is 23.1 Å². The van der Waals surface area contributed by atoms with Crippen molar-refractivity contribution in [3.05, 3.63) is 87.8 Å². The van der Waals surface area contributed by atoms with E-state index in [2.05, 4.69) is 15.4 Å². The van der Waals surface area contributed by atoms with Crippen molar-refractivity contribution in [3.63, 3.8) is 0 Å². The number of anilines is 1. The molecule has 4 rings (SSSR count). The number of hydrogen-bond donors (Lipinski definition) is 1. The van der Waals surface area contributed by atoms with Crippen LogP contribution in [-0.2, 0) is 9.53 Å². The van der Waals surface area contributed by atoms with Crippen LogP contribution in [0.4, 0.5) is 15.8 Å². The summed E-state index contributed by atoms with van der Waals surface area (Å²) in [7, 11) is 0. The first-order valence-corrected chi connectivity index (χ1v) is 10.7. The topological polar surface area (TPSA) is 129 Å². The van der Waals surface area contributed by atoms with Crippen LogP contribution in [0.25, 0.3) is 16.4 Å². The number of hydrogen-bond acceptors (Lipinski definition) is 8. The maximum Gasteiger partial charge on any atom is 0.379 e. The Bertz CT molecular complexity index is 1360. The Morgan fingerprint density at radius 3 is 2.62 bits per heavy atom. The van der Waals surface area contributed by atoms with E-state index in [1.54, 1.807) is 12.1 Å². The van der Waals surface area contributed by atoms with Gasteiger partial charge in [-0.2, -0.15) is 9.37 Å². The lowest BCUT2D eigenvalue weighted by atomic mass is 10.2. The van der Waals surface area contributed by atoms with Crippen LogP contribution in [0, 0.1) is 15.9 Å². The van der Waals surface area contributed by atoms with Gasteiger partial charge >= 0.3 is 11.7 Å². The molecule has 0 bridgehead atoms. The minimum absolute atomic E-state index is 0.0209. The molecule has 0 saturated carbocycles. The number of rotatable bonds is 7. The smallest absolute Gasteiger partial charge is 0.379 e. The molecule has 0 saturated heterocycles. The molecule has 1 N–H and O–H groups in total. The SMILES string of the molecule is CC(OC(=O)c1nc(-c2cccs2)n(-c2ccccc2)n1)C(=O)Nc1ccc(F)c([N+](=O)[O-])c1. The van der Waals surface area contributed by atoms with Crippen molar-refractivity contribution in [2.24, 2.45) is 0 Å². The zero-order valence-corrected chi connectivity index (χ0v) is 18.4. The molecule has 0 radical (unpaired) electrons. The normalized spacial score (nSPS) is 11.6. The predicted molar refractivity (Wildman–Crippen MR) is 121 cm³/mol. The number of esters is 1. The van der Waals surface area contributed by atoms with Crippen molar-refractivity contribution >= 4 is 34.6 Å². The number of benzene rings is 2. The van der Waals surface area contributed by atoms with Crippen LogP contribution in [0.2, 0.25) is 0 Å². The molecular formula is C22H16FN5O5S. The molecule has 0 aliphatic heterocycles. The molecule has 4 aromatic rings. The Balaban J connectivity index is 1.52. The average molecular weight is 481 g/mol. The molecule has 2 aromatic heterocycles. The van der Waals surface area contributed by atoms with Crippen LogP contribution in [0.3, 0.4) is 0 Å². The number of ether oxygens (including phenoxy) is 1. The van der Waals surface area contributed by atoms with E-state index in [1.807, 2.05) is 35.7 Å². The molecule has 0 aliphatic rings. The van der Waals surface area contributed by atoms with Crippen molar-refractivity contribution in [1.82, 2.24) is 14.8 Å². The van der Waals surface area contributed by atoms with Gasteiger partial charge in [-0.3, -0.25) is 14.9 Å². The molecular weight excluding hydrogens is 465 g/mol. The van der Waals surface area contributed by atoms with E-state index in [-0.39, 0.29) is 11.5 Å². The quantitative estimate of drug-likeness (QED) is 0.238. The summed E-state index contributed by atoms with van der Waals surface area (Å²) in [5.41, 5.74) is -0.132. The van der Waals surface area contributed by atoms with Gasteiger partial charge in [-0.1, -0.05) is 24.3 Å². The van der Waals surface area contributed by atoms with Crippen LogP contribution in [0.1, 0.15) is 17.5 Å². The number of aromatic nitrogens is 3. The van der Waals surface area contributed by atoms with E-state index in [1.165, 1.54) is 22.9 Å². The highest BCUT2D eigenvalue weighted by atomic mass is 32.1. The highest BCUT2D eigenvalue weighted by molar-refractivity contribution is 7.13. The Morgan fingerprint density at radius 1 is 1.18 bits per heavy atom. The Labute approximate surface area is 195 Å². The van der Waals surface area contributed by atoms with Crippen molar-refractivity contribution < 1.29 is 23.6 Å². The van der Waals surface area contributed by atoms with Gasteiger partial charge in [-0.05, 0) is 42.6 Å². The van der Waals surface area contributed by atoms with Gasteiger partial charge in [0.25, 0.3) is 11.7 Å². The molecule has 10 nitrogen and oxygen atoms in total. The number of para-hydroxylation sites is 1. The fourth-order valence-electron chi connectivity index (χ4n) is 2.95. The van der Waals surface area contributed by atoms with E-state index in [9.17, 15) is 24.1 Å². The average Bonchev–Trinajstić information content (AvgIpc) is 3.50. The van der Waals surface area contributed by atoms with Gasteiger partial charge in [0.05, 0.1) is 15.5 Å². The van der Waals surface area contributed by atoms with Crippen molar-refractivity contribution in [3.8, 4) is 16.4 Å². The number of nitrogens with one attached hydrogen (secondary N) is 1. The minimum atomic E-state index is -1.29. The summed E-state index contributed by atoms with van der Waals surface area (Å²) in [5, 5.41) is 19.4. The molecule has 2 aromatic carbocycles. The molecule has 2 heterocycles. The minimum Gasteiger partial charge on any atom is -0.447 e. The summed E-state index contributed by atoms with van der Waals surface area (Å²) in [6.07, 6.45) is -1.29. The second-order valence-electron chi connectivity index (χ2n) is 6.94.